The van der Waals surface area contributed by atoms with Gasteiger partial charge in [-0.15, -0.1) is 4.52 Å². The van der Waals surface area contributed by atoms with Gasteiger partial charge in [0.15, 0.2) is 36.6 Å². The lowest BCUT2D eigenvalue weighted by Gasteiger charge is -2.14. The van der Waals surface area contributed by atoms with Gasteiger partial charge in [-0.3, -0.25) is 9.09 Å². The molecular weight excluding hydrogens is 363 g/mol. The summed E-state index contributed by atoms with van der Waals surface area (Å²) in [4.78, 5) is 11.9. The summed E-state index contributed by atoms with van der Waals surface area (Å²) in [6, 6.07) is 0. The first-order valence-electron chi connectivity index (χ1n) is 6.77. The minimum atomic E-state index is -2.07. The summed E-state index contributed by atoms with van der Waals surface area (Å²) in [5, 5.41) is 0. The smallest absolute Gasteiger partial charge is 0.382 e. The predicted octanol–water partition coefficient (Wildman–Crippen LogP) is 1.62. The highest BCUT2D eigenvalue weighted by Crippen LogP contribution is 2.39. The van der Waals surface area contributed by atoms with E-state index in [-0.39, 0.29) is 12.4 Å². The van der Waals surface area contributed by atoms with Crippen molar-refractivity contribution in [1.82, 2.24) is 19.5 Å². The molecule has 0 amide bonds. The summed E-state index contributed by atoms with van der Waals surface area (Å²) in [7, 11) is -2.65. The van der Waals surface area contributed by atoms with Crippen molar-refractivity contribution in [2.45, 2.75) is 24.6 Å². The van der Waals surface area contributed by atoms with Gasteiger partial charge in [-0.1, -0.05) is 0 Å². The van der Waals surface area contributed by atoms with Crippen LogP contribution in [0, 0.1) is 0 Å². The lowest BCUT2D eigenvalue weighted by atomic mass is 10.1. The van der Waals surface area contributed by atoms with Gasteiger partial charge in [0.2, 0.25) is 0 Å². The molecule has 1 unspecified atom stereocenters. The second-order valence-electron chi connectivity index (χ2n) is 4.97. The lowest BCUT2D eigenvalue weighted by Crippen LogP contribution is -2.32. The molecule has 3 heterocycles. The molecule has 1 aliphatic rings. The van der Waals surface area contributed by atoms with E-state index in [1.165, 1.54) is 23.9 Å². The summed E-state index contributed by atoms with van der Waals surface area (Å²) in [5.74, 6) is 0.154. The fraction of sp³-hybridized carbons (Fsp3) is 0.545. The average molecular weight is 376 g/mol. The number of nitrogens with zero attached hydrogens (tertiary/aromatic N) is 4. The Morgan fingerprint density at radius 1 is 1.50 bits per heavy atom. The van der Waals surface area contributed by atoms with Crippen LogP contribution >= 0.6 is 16.7 Å². The molecule has 2 N–H and O–H groups in total. The molecule has 128 valence electrons. The van der Waals surface area contributed by atoms with E-state index in [1.807, 2.05) is 0 Å². The van der Waals surface area contributed by atoms with Gasteiger partial charge in [-0.05, 0) is 4.57 Å². The summed E-state index contributed by atoms with van der Waals surface area (Å²) in [6.07, 6.45) is -2.31. The van der Waals surface area contributed by atoms with E-state index >= 15 is 0 Å². The molecule has 10 nitrogen and oxygen atoms in total. The van der Waals surface area contributed by atoms with Gasteiger partial charge >= 0.3 is 16.7 Å². The Hall–Kier alpha value is -1.64. The van der Waals surface area contributed by atoms with Crippen molar-refractivity contribution in [1.29, 1.82) is 0 Å². The number of rotatable bonds is 6. The van der Waals surface area contributed by atoms with Crippen molar-refractivity contribution in [2.75, 3.05) is 19.0 Å². The second-order valence-corrected chi connectivity index (χ2v) is 6.47. The van der Waals surface area contributed by atoms with Gasteiger partial charge in [0.25, 0.3) is 0 Å². The van der Waals surface area contributed by atoms with Crippen LogP contribution in [0.4, 0.5) is 10.2 Å². The van der Waals surface area contributed by atoms with Gasteiger partial charge in [0.05, 0.1) is 12.9 Å². The molecule has 0 bridgehead atoms. The highest BCUT2D eigenvalue weighted by Gasteiger charge is 2.51. The summed E-state index contributed by atoms with van der Waals surface area (Å²) >= 11 is 0. The molecule has 5 atom stereocenters. The summed E-state index contributed by atoms with van der Waals surface area (Å²) in [5.41, 5.74) is 6.31. The molecule has 24 heavy (non-hydrogen) atoms. The summed E-state index contributed by atoms with van der Waals surface area (Å²) in [6.45, 7) is 1.11. The van der Waals surface area contributed by atoms with Crippen LogP contribution in [-0.4, -0.2) is 51.2 Å². The van der Waals surface area contributed by atoms with Gasteiger partial charge in [0.1, 0.15) is 17.9 Å². The fourth-order valence-electron chi connectivity index (χ4n) is 2.51. The number of nitrogen functional groups attached to an aromatic ring is 1. The molecule has 0 aliphatic carbocycles. The highest BCUT2D eigenvalue weighted by molar-refractivity contribution is 7.38. The maximum Gasteiger partial charge on any atom is 0.505 e. The molecule has 0 aromatic carbocycles. The van der Waals surface area contributed by atoms with Crippen molar-refractivity contribution in [3.8, 4) is 0 Å². The van der Waals surface area contributed by atoms with E-state index in [0.29, 0.717) is 11.2 Å². The zero-order chi connectivity index (χ0) is 17.3. The molecule has 0 spiro atoms. The van der Waals surface area contributed by atoms with Gasteiger partial charge < -0.3 is 10.5 Å². The third-order valence-electron chi connectivity index (χ3n) is 3.49. The monoisotopic (exact) mass is 376 g/mol. The Kier molecular flexibility index (Phi) is 5.07. The van der Waals surface area contributed by atoms with E-state index in [1.54, 1.807) is 0 Å². The topological polar surface area (TPSA) is 131 Å². The third kappa shape index (κ3) is 3.13. The molecule has 0 saturated carbocycles. The van der Waals surface area contributed by atoms with Crippen molar-refractivity contribution in [2.24, 2.45) is 0 Å². The minimum Gasteiger partial charge on any atom is -0.382 e. The van der Waals surface area contributed by atoms with Crippen LogP contribution in [0.15, 0.2) is 12.7 Å². The Labute approximate surface area is 137 Å². The maximum atomic E-state index is 14.8. The van der Waals surface area contributed by atoms with Crippen LogP contribution in [0.2, 0.25) is 0 Å². The Morgan fingerprint density at radius 2 is 2.29 bits per heavy atom. The van der Waals surface area contributed by atoms with Crippen molar-refractivity contribution in [3.05, 3.63) is 12.7 Å². The molecule has 1 saturated heterocycles. The lowest BCUT2D eigenvalue weighted by molar-refractivity contribution is -0.0367. The predicted molar refractivity (Wildman–Crippen MR) is 80.5 cm³/mol. The van der Waals surface area contributed by atoms with Gasteiger partial charge in [0, 0.05) is 0 Å². The highest BCUT2D eigenvalue weighted by atomic mass is 31.1. The first kappa shape index (κ1) is 17.2. The van der Waals surface area contributed by atoms with Gasteiger partial charge in [-0.2, -0.15) is 0 Å². The largest absolute Gasteiger partial charge is 0.505 e. The van der Waals surface area contributed by atoms with Crippen LogP contribution in [0.1, 0.15) is 6.23 Å². The van der Waals surface area contributed by atoms with E-state index < -0.39 is 41.3 Å². The Bertz CT molecular complexity index is 776. The Balaban J connectivity index is 1.93. The van der Waals surface area contributed by atoms with Gasteiger partial charge in [-0.25, -0.2) is 23.9 Å². The number of halogens is 1. The molecule has 1 fully saturated rings. The zero-order valence-corrected chi connectivity index (χ0v) is 14.1. The molecule has 13 heteroatoms. The number of fused-ring (bicyclic) bond motifs is 1. The van der Waals surface area contributed by atoms with E-state index in [4.69, 9.17) is 19.5 Å². The molecule has 3 rings (SSSR count). The van der Waals surface area contributed by atoms with E-state index in [2.05, 4.69) is 15.0 Å². The average Bonchev–Trinajstić information content (AvgIpc) is 3.09. The Morgan fingerprint density at radius 3 is 3.00 bits per heavy atom. The van der Waals surface area contributed by atoms with Crippen LogP contribution in [0.5, 0.6) is 0 Å². The van der Waals surface area contributed by atoms with Crippen LogP contribution in [0.25, 0.3) is 11.2 Å². The summed E-state index contributed by atoms with van der Waals surface area (Å²) < 4.78 is 53.5. The molecule has 2 aromatic heterocycles. The van der Waals surface area contributed by atoms with Crippen molar-refractivity contribution >= 4 is 33.7 Å². The van der Waals surface area contributed by atoms with Crippen LogP contribution in [-0.2, 0) is 22.9 Å². The number of hydrogen-bond donors (Lipinski definition) is 1. The number of alkyl halides is 1. The van der Waals surface area contributed by atoms with E-state index in [0.717, 1.165) is 0 Å². The number of aromatic nitrogens is 4. The zero-order valence-electron chi connectivity index (χ0n) is 12.4. The van der Waals surface area contributed by atoms with Crippen molar-refractivity contribution in [3.63, 3.8) is 0 Å². The first-order valence-corrected chi connectivity index (χ1v) is 9.13. The SMILES string of the molecule is C[P+](=O)O[C@H]1[C@@H](F)[C@H](n2cnc3c(N)ncnc32)O[C@@H]1COP=O. The first-order chi connectivity index (χ1) is 11.5. The quantitative estimate of drug-likeness (QED) is 0.747. The maximum absolute atomic E-state index is 14.8. The molecule has 0 radical (unpaired) electrons. The second kappa shape index (κ2) is 7.08. The number of hydrogen-bond acceptors (Lipinski definition) is 9. The standard InChI is InChI=1S/C11H13FN5O5P2/c1-24(19)22-8-5(2-20-23-18)21-11(6(8)12)17-4-16-7-9(13)14-3-15-10(7)17/h3-6,8,11H,2H2,1H3,(H2,13,14,15)/q+1/t5-,6-,8-,11-/m1/s1. The fourth-order valence-corrected chi connectivity index (χ4v) is 3.31. The van der Waals surface area contributed by atoms with Crippen LogP contribution in [0.3, 0.4) is 0 Å². The van der Waals surface area contributed by atoms with Crippen LogP contribution < -0.4 is 5.73 Å². The molecule has 1 aliphatic heterocycles. The number of ether oxygens (including phenoxy) is 1. The van der Waals surface area contributed by atoms with Crippen molar-refractivity contribution < 1.29 is 27.3 Å². The number of imidazole rings is 1. The minimum absolute atomic E-state index is 0.154. The molecular formula is C11H13FN5O5P2+. The number of nitrogens with two attached hydrogens (primary N) is 1. The third-order valence-corrected chi connectivity index (χ3v) is 4.28. The number of anilines is 1. The van der Waals surface area contributed by atoms with E-state index in [9.17, 15) is 13.5 Å². The molecule has 2 aromatic rings. The normalized spacial score (nSPS) is 27.8.